The zero-order valence-corrected chi connectivity index (χ0v) is 18.6. The lowest BCUT2D eigenvalue weighted by Crippen LogP contribution is -2.55. The van der Waals surface area contributed by atoms with E-state index in [9.17, 15) is 4.79 Å². The SMILES string of the molecule is CCC(CNC(=NC)N1CCN(C(=O)c2ccco2)CC1)N1CCc2ccccc2C1. The maximum atomic E-state index is 12.5. The Morgan fingerprint density at radius 3 is 2.48 bits per heavy atom. The number of hydrogen-bond acceptors (Lipinski definition) is 4. The van der Waals surface area contributed by atoms with Crippen LogP contribution >= 0.6 is 0 Å². The van der Waals surface area contributed by atoms with Crippen LogP contribution < -0.4 is 5.32 Å². The lowest BCUT2D eigenvalue weighted by Gasteiger charge is -2.38. The fraction of sp³-hybridized carbons (Fsp3) is 0.500. The molecule has 7 heteroatoms. The van der Waals surface area contributed by atoms with Crippen molar-refractivity contribution < 1.29 is 9.21 Å². The van der Waals surface area contributed by atoms with E-state index in [1.165, 1.54) is 11.1 Å². The molecule has 1 aromatic carbocycles. The summed E-state index contributed by atoms with van der Waals surface area (Å²) in [5.74, 6) is 1.29. The van der Waals surface area contributed by atoms with Gasteiger partial charge in [-0.15, -0.1) is 0 Å². The first-order valence-electron chi connectivity index (χ1n) is 11.3. The van der Waals surface area contributed by atoms with Gasteiger partial charge in [0, 0.05) is 58.9 Å². The molecule has 0 spiro atoms. The number of piperazine rings is 1. The lowest BCUT2D eigenvalue weighted by atomic mass is 9.98. The Morgan fingerprint density at radius 1 is 1.06 bits per heavy atom. The first-order valence-corrected chi connectivity index (χ1v) is 11.3. The Balaban J connectivity index is 1.29. The molecular formula is C24H33N5O2. The summed E-state index contributed by atoms with van der Waals surface area (Å²) < 4.78 is 5.26. The number of rotatable bonds is 5. The van der Waals surface area contributed by atoms with Gasteiger partial charge in [-0.05, 0) is 36.1 Å². The maximum Gasteiger partial charge on any atom is 0.289 e. The van der Waals surface area contributed by atoms with Crippen molar-refractivity contribution in [3.05, 3.63) is 59.5 Å². The quantitative estimate of drug-likeness (QED) is 0.591. The average molecular weight is 424 g/mol. The third-order valence-electron chi connectivity index (χ3n) is 6.45. The van der Waals surface area contributed by atoms with E-state index < -0.39 is 0 Å². The van der Waals surface area contributed by atoms with Crippen molar-refractivity contribution in [3.63, 3.8) is 0 Å². The molecule has 0 bridgehead atoms. The van der Waals surface area contributed by atoms with Crippen LogP contribution in [0.1, 0.15) is 35.0 Å². The average Bonchev–Trinajstić information content (AvgIpc) is 3.36. The van der Waals surface area contributed by atoms with Gasteiger partial charge in [0.1, 0.15) is 0 Å². The molecule has 166 valence electrons. The van der Waals surface area contributed by atoms with E-state index in [1.54, 1.807) is 18.4 Å². The number of nitrogens with one attached hydrogen (secondary N) is 1. The predicted octanol–water partition coefficient (Wildman–Crippen LogP) is 2.45. The van der Waals surface area contributed by atoms with Crippen molar-refractivity contribution in [1.82, 2.24) is 20.0 Å². The topological polar surface area (TPSA) is 64.3 Å². The minimum absolute atomic E-state index is 0.0379. The molecule has 1 aromatic heterocycles. The van der Waals surface area contributed by atoms with Crippen molar-refractivity contribution in [2.24, 2.45) is 4.99 Å². The number of amides is 1. The van der Waals surface area contributed by atoms with Crippen LogP contribution in [0.3, 0.4) is 0 Å². The summed E-state index contributed by atoms with van der Waals surface area (Å²) >= 11 is 0. The smallest absolute Gasteiger partial charge is 0.289 e. The molecule has 2 aliphatic rings. The van der Waals surface area contributed by atoms with Gasteiger partial charge in [0.25, 0.3) is 5.91 Å². The van der Waals surface area contributed by atoms with Crippen LogP contribution in [0.25, 0.3) is 0 Å². The van der Waals surface area contributed by atoms with E-state index in [4.69, 9.17) is 4.42 Å². The summed E-state index contributed by atoms with van der Waals surface area (Å²) in [7, 11) is 1.83. The molecule has 0 aliphatic carbocycles. The van der Waals surface area contributed by atoms with Gasteiger partial charge in [-0.3, -0.25) is 14.7 Å². The number of nitrogens with zero attached hydrogens (tertiary/aromatic N) is 4. The molecule has 0 radical (unpaired) electrons. The first-order chi connectivity index (χ1) is 15.2. The van der Waals surface area contributed by atoms with E-state index >= 15 is 0 Å². The highest BCUT2D eigenvalue weighted by molar-refractivity contribution is 5.91. The Bertz CT molecular complexity index is 887. The van der Waals surface area contributed by atoms with Gasteiger partial charge in [-0.2, -0.15) is 0 Å². The molecule has 1 atom stereocenters. The van der Waals surface area contributed by atoms with Crippen molar-refractivity contribution in [3.8, 4) is 0 Å². The van der Waals surface area contributed by atoms with Crippen LogP contribution in [0.15, 0.2) is 52.1 Å². The Morgan fingerprint density at radius 2 is 1.81 bits per heavy atom. The second kappa shape index (κ2) is 10.0. The Hall–Kier alpha value is -2.80. The van der Waals surface area contributed by atoms with E-state index in [0.29, 0.717) is 24.9 Å². The normalized spacial score (nSPS) is 18.6. The number of fused-ring (bicyclic) bond motifs is 1. The summed E-state index contributed by atoms with van der Waals surface area (Å²) in [6, 6.07) is 12.7. The largest absolute Gasteiger partial charge is 0.459 e. The molecule has 1 fully saturated rings. The van der Waals surface area contributed by atoms with Crippen molar-refractivity contribution in [2.45, 2.75) is 32.4 Å². The number of hydrogen-bond donors (Lipinski definition) is 1. The summed E-state index contributed by atoms with van der Waals surface area (Å²) in [6.07, 6.45) is 3.75. The van der Waals surface area contributed by atoms with E-state index in [2.05, 4.69) is 51.3 Å². The van der Waals surface area contributed by atoms with E-state index in [0.717, 1.165) is 51.5 Å². The fourth-order valence-electron chi connectivity index (χ4n) is 4.58. The molecule has 2 aromatic rings. The standard InChI is InChI=1S/C24H33N5O2/c1-3-21(29-11-10-19-7-4-5-8-20(19)18-29)17-26-24(25-2)28-14-12-27(13-15-28)23(30)22-9-6-16-31-22/h4-9,16,21H,3,10-15,17-18H2,1-2H3,(H,25,26). The Labute approximate surface area is 184 Å². The summed E-state index contributed by atoms with van der Waals surface area (Å²) in [5.41, 5.74) is 2.94. The van der Waals surface area contributed by atoms with Crippen molar-refractivity contribution in [2.75, 3.05) is 46.3 Å². The molecule has 0 saturated carbocycles. The van der Waals surface area contributed by atoms with Crippen molar-refractivity contribution in [1.29, 1.82) is 0 Å². The van der Waals surface area contributed by atoms with E-state index in [-0.39, 0.29) is 5.91 Å². The molecule has 2 aliphatic heterocycles. The van der Waals surface area contributed by atoms with Gasteiger partial charge in [-0.1, -0.05) is 31.2 Å². The lowest BCUT2D eigenvalue weighted by molar-refractivity contribution is 0.0657. The van der Waals surface area contributed by atoms with Crippen LogP contribution in [-0.2, 0) is 13.0 Å². The van der Waals surface area contributed by atoms with Crippen LogP contribution in [0.2, 0.25) is 0 Å². The Kier molecular flexibility index (Phi) is 6.92. The number of furan rings is 1. The molecule has 1 unspecified atom stereocenters. The maximum absolute atomic E-state index is 12.5. The third-order valence-corrected chi connectivity index (χ3v) is 6.45. The van der Waals surface area contributed by atoms with Gasteiger partial charge < -0.3 is 19.5 Å². The first kappa shape index (κ1) is 21.4. The van der Waals surface area contributed by atoms with Gasteiger partial charge in [0.15, 0.2) is 11.7 Å². The van der Waals surface area contributed by atoms with Gasteiger partial charge >= 0.3 is 0 Å². The molecule has 1 N–H and O–H groups in total. The van der Waals surface area contributed by atoms with Crippen LogP contribution in [0, 0.1) is 0 Å². The third kappa shape index (κ3) is 4.93. The zero-order valence-electron chi connectivity index (χ0n) is 18.6. The van der Waals surface area contributed by atoms with E-state index in [1.807, 2.05) is 11.9 Å². The number of aliphatic imine (C=N–C) groups is 1. The number of benzene rings is 1. The van der Waals surface area contributed by atoms with Gasteiger partial charge in [-0.25, -0.2) is 0 Å². The highest BCUT2D eigenvalue weighted by Crippen LogP contribution is 2.21. The van der Waals surface area contributed by atoms with Gasteiger partial charge in [0.2, 0.25) is 0 Å². The number of carbonyl (C=O) groups is 1. The van der Waals surface area contributed by atoms with Crippen molar-refractivity contribution >= 4 is 11.9 Å². The minimum Gasteiger partial charge on any atom is -0.459 e. The van der Waals surface area contributed by atoms with Crippen LogP contribution in [-0.4, -0.2) is 78.9 Å². The highest BCUT2D eigenvalue weighted by atomic mass is 16.3. The second-order valence-corrected chi connectivity index (χ2v) is 8.24. The van der Waals surface area contributed by atoms with Crippen LogP contribution in [0.4, 0.5) is 0 Å². The van der Waals surface area contributed by atoms with Gasteiger partial charge in [0.05, 0.1) is 6.26 Å². The number of carbonyl (C=O) groups excluding carboxylic acids is 1. The summed E-state index contributed by atoms with van der Waals surface area (Å²) in [5, 5.41) is 3.60. The van der Waals surface area contributed by atoms with Crippen LogP contribution in [0.5, 0.6) is 0 Å². The highest BCUT2D eigenvalue weighted by Gasteiger charge is 2.26. The molecular weight excluding hydrogens is 390 g/mol. The summed E-state index contributed by atoms with van der Waals surface area (Å²) in [6.45, 7) is 8.11. The molecule has 31 heavy (non-hydrogen) atoms. The zero-order chi connectivity index (χ0) is 21.6. The molecule has 1 saturated heterocycles. The predicted molar refractivity (Wildman–Crippen MR) is 122 cm³/mol. The number of guanidine groups is 1. The molecule has 4 rings (SSSR count). The minimum atomic E-state index is -0.0379. The monoisotopic (exact) mass is 423 g/mol. The summed E-state index contributed by atoms with van der Waals surface area (Å²) in [4.78, 5) is 23.7. The fourth-order valence-corrected chi connectivity index (χ4v) is 4.58. The second-order valence-electron chi connectivity index (χ2n) is 8.24. The molecule has 3 heterocycles. The molecule has 7 nitrogen and oxygen atoms in total. The molecule has 1 amide bonds.